The molecular weight excluding hydrogens is 234 g/mol. The van der Waals surface area contributed by atoms with Crippen LogP contribution in [0.5, 0.6) is 0 Å². The van der Waals surface area contributed by atoms with E-state index in [1.807, 2.05) is 30.3 Å². The SMILES string of the molecule is CCOC(=O)C(C)NC(=O)OCc1ccccc1. The molecule has 0 bridgehead atoms. The van der Waals surface area contributed by atoms with Crippen molar-refractivity contribution in [2.45, 2.75) is 26.5 Å². The summed E-state index contributed by atoms with van der Waals surface area (Å²) in [4.78, 5) is 22.7. The minimum absolute atomic E-state index is 0.169. The number of ether oxygens (including phenoxy) is 2. The summed E-state index contributed by atoms with van der Waals surface area (Å²) in [5.74, 6) is -0.478. The molecule has 5 nitrogen and oxygen atoms in total. The van der Waals surface area contributed by atoms with E-state index >= 15 is 0 Å². The molecule has 18 heavy (non-hydrogen) atoms. The average Bonchev–Trinajstić information content (AvgIpc) is 2.38. The van der Waals surface area contributed by atoms with Crippen LogP contribution in [-0.4, -0.2) is 24.7 Å². The van der Waals surface area contributed by atoms with Crippen LogP contribution in [0.1, 0.15) is 19.4 Å². The van der Waals surface area contributed by atoms with Gasteiger partial charge >= 0.3 is 12.1 Å². The highest BCUT2D eigenvalue weighted by Gasteiger charge is 2.16. The minimum Gasteiger partial charge on any atom is -0.464 e. The van der Waals surface area contributed by atoms with Gasteiger partial charge in [0.15, 0.2) is 0 Å². The average molecular weight is 251 g/mol. The van der Waals surface area contributed by atoms with Crippen LogP contribution in [0.15, 0.2) is 30.3 Å². The molecule has 0 heterocycles. The van der Waals surface area contributed by atoms with Crippen molar-refractivity contribution in [1.82, 2.24) is 5.32 Å². The Bertz CT molecular complexity index is 391. The van der Waals surface area contributed by atoms with Gasteiger partial charge in [0.25, 0.3) is 0 Å². The van der Waals surface area contributed by atoms with Gasteiger partial charge in [0.2, 0.25) is 0 Å². The third kappa shape index (κ3) is 4.86. The maximum atomic E-state index is 11.4. The highest BCUT2D eigenvalue weighted by atomic mass is 16.6. The van der Waals surface area contributed by atoms with Crippen LogP contribution in [-0.2, 0) is 20.9 Å². The van der Waals surface area contributed by atoms with E-state index in [-0.39, 0.29) is 13.2 Å². The lowest BCUT2D eigenvalue weighted by Crippen LogP contribution is -2.39. The number of amides is 1. The third-order valence-corrected chi connectivity index (χ3v) is 2.19. The van der Waals surface area contributed by atoms with Gasteiger partial charge in [0.1, 0.15) is 12.6 Å². The maximum Gasteiger partial charge on any atom is 0.408 e. The largest absolute Gasteiger partial charge is 0.464 e. The van der Waals surface area contributed by atoms with Crippen LogP contribution in [0.4, 0.5) is 4.79 Å². The van der Waals surface area contributed by atoms with Crippen molar-refractivity contribution in [1.29, 1.82) is 0 Å². The first-order valence-electron chi connectivity index (χ1n) is 5.77. The van der Waals surface area contributed by atoms with Crippen LogP contribution in [0.3, 0.4) is 0 Å². The second-order valence-electron chi connectivity index (χ2n) is 3.68. The summed E-state index contributed by atoms with van der Waals surface area (Å²) in [6.45, 7) is 3.70. The van der Waals surface area contributed by atoms with Crippen LogP contribution >= 0.6 is 0 Å². The molecule has 0 aliphatic heterocycles. The lowest BCUT2D eigenvalue weighted by atomic mass is 10.2. The zero-order valence-electron chi connectivity index (χ0n) is 10.5. The number of hydrogen-bond acceptors (Lipinski definition) is 4. The monoisotopic (exact) mass is 251 g/mol. The minimum atomic E-state index is -0.715. The zero-order valence-corrected chi connectivity index (χ0v) is 10.5. The van der Waals surface area contributed by atoms with E-state index in [1.54, 1.807) is 13.8 Å². The summed E-state index contributed by atoms with van der Waals surface area (Å²) in [6.07, 6.45) is -0.639. The lowest BCUT2D eigenvalue weighted by Gasteiger charge is -2.12. The smallest absolute Gasteiger partial charge is 0.408 e. The van der Waals surface area contributed by atoms with Gasteiger partial charge in [0.05, 0.1) is 6.61 Å². The van der Waals surface area contributed by atoms with Crippen LogP contribution in [0.25, 0.3) is 0 Å². The number of rotatable bonds is 5. The van der Waals surface area contributed by atoms with Gasteiger partial charge in [-0.25, -0.2) is 9.59 Å². The molecule has 1 unspecified atom stereocenters. The van der Waals surface area contributed by atoms with Crippen molar-refractivity contribution < 1.29 is 19.1 Å². The number of benzene rings is 1. The number of alkyl carbamates (subject to hydrolysis) is 1. The number of hydrogen-bond donors (Lipinski definition) is 1. The van der Waals surface area contributed by atoms with E-state index < -0.39 is 18.1 Å². The summed E-state index contributed by atoms with van der Waals surface area (Å²) in [5, 5.41) is 2.40. The van der Waals surface area contributed by atoms with Gasteiger partial charge in [-0.1, -0.05) is 30.3 Å². The molecule has 1 aromatic carbocycles. The van der Waals surface area contributed by atoms with Crippen LogP contribution in [0.2, 0.25) is 0 Å². The Kier molecular flexibility index (Phi) is 5.70. The topological polar surface area (TPSA) is 64.6 Å². The summed E-state index contributed by atoms with van der Waals surface area (Å²) in [7, 11) is 0. The molecule has 0 aromatic heterocycles. The van der Waals surface area contributed by atoms with Crippen LogP contribution < -0.4 is 5.32 Å². The van der Waals surface area contributed by atoms with Crippen molar-refractivity contribution in [3.63, 3.8) is 0 Å². The normalized spacial score (nSPS) is 11.4. The molecule has 98 valence electrons. The van der Waals surface area contributed by atoms with Crippen molar-refractivity contribution >= 4 is 12.1 Å². The molecule has 1 N–H and O–H groups in total. The van der Waals surface area contributed by atoms with Crippen LogP contribution in [0, 0.1) is 0 Å². The van der Waals surface area contributed by atoms with E-state index in [1.165, 1.54) is 0 Å². The van der Waals surface area contributed by atoms with E-state index in [9.17, 15) is 9.59 Å². The number of carbonyl (C=O) groups is 2. The quantitative estimate of drug-likeness (QED) is 0.811. The standard InChI is InChI=1S/C13H17NO4/c1-3-17-12(15)10(2)14-13(16)18-9-11-7-5-4-6-8-11/h4-8,10H,3,9H2,1-2H3,(H,14,16). The molecule has 0 fully saturated rings. The van der Waals surface area contributed by atoms with Crippen molar-refractivity contribution in [3.8, 4) is 0 Å². The molecule has 1 amide bonds. The van der Waals surface area contributed by atoms with Gasteiger partial charge in [-0.3, -0.25) is 0 Å². The first kappa shape index (κ1) is 14.0. The Morgan fingerprint density at radius 2 is 1.89 bits per heavy atom. The number of esters is 1. The Morgan fingerprint density at radius 1 is 1.22 bits per heavy atom. The summed E-state index contributed by atoms with van der Waals surface area (Å²) < 4.78 is 9.73. The Balaban J connectivity index is 2.31. The molecular formula is C13H17NO4. The molecule has 0 aliphatic carbocycles. The summed E-state index contributed by atoms with van der Waals surface area (Å²) in [5.41, 5.74) is 0.886. The van der Waals surface area contributed by atoms with Crippen molar-refractivity contribution in [3.05, 3.63) is 35.9 Å². The predicted molar refractivity (Wildman–Crippen MR) is 65.9 cm³/mol. The molecule has 0 radical (unpaired) electrons. The van der Waals surface area contributed by atoms with Crippen molar-refractivity contribution in [2.75, 3.05) is 6.61 Å². The molecule has 1 aromatic rings. The Hall–Kier alpha value is -2.04. The summed E-state index contributed by atoms with van der Waals surface area (Å²) in [6, 6.07) is 8.58. The van der Waals surface area contributed by atoms with E-state index in [4.69, 9.17) is 9.47 Å². The Morgan fingerprint density at radius 3 is 2.50 bits per heavy atom. The first-order valence-corrected chi connectivity index (χ1v) is 5.77. The molecule has 0 aliphatic rings. The van der Waals surface area contributed by atoms with Gasteiger partial charge < -0.3 is 14.8 Å². The summed E-state index contributed by atoms with van der Waals surface area (Å²) >= 11 is 0. The van der Waals surface area contributed by atoms with E-state index in [2.05, 4.69) is 5.32 Å². The first-order chi connectivity index (χ1) is 8.63. The zero-order chi connectivity index (χ0) is 13.4. The van der Waals surface area contributed by atoms with Gasteiger partial charge in [-0.05, 0) is 19.4 Å². The van der Waals surface area contributed by atoms with Gasteiger partial charge in [-0.15, -0.1) is 0 Å². The maximum absolute atomic E-state index is 11.4. The third-order valence-electron chi connectivity index (χ3n) is 2.19. The molecule has 1 rings (SSSR count). The highest BCUT2D eigenvalue weighted by Crippen LogP contribution is 2.00. The van der Waals surface area contributed by atoms with Crippen molar-refractivity contribution in [2.24, 2.45) is 0 Å². The fraction of sp³-hybridized carbons (Fsp3) is 0.385. The second-order valence-corrected chi connectivity index (χ2v) is 3.68. The molecule has 0 saturated carbocycles. The lowest BCUT2D eigenvalue weighted by molar-refractivity contribution is -0.145. The fourth-order valence-corrected chi connectivity index (χ4v) is 1.27. The van der Waals surface area contributed by atoms with Gasteiger partial charge in [-0.2, -0.15) is 0 Å². The number of carbonyl (C=O) groups excluding carboxylic acids is 2. The fourth-order valence-electron chi connectivity index (χ4n) is 1.27. The molecule has 1 atom stereocenters. The highest BCUT2D eigenvalue weighted by molar-refractivity contribution is 5.80. The molecule has 5 heteroatoms. The Labute approximate surface area is 106 Å². The number of nitrogens with one attached hydrogen (secondary N) is 1. The molecule has 0 spiro atoms. The second kappa shape index (κ2) is 7.32. The van der Waals surface area contributed by atoms with Gasteiger partial charge in [0, 0.05) is 0 Å². The van der Waals surface area contributed by atoms with E-state index in [0.717, 1.165) is 5.56 Å². The predicted octanol–water partition coefficient (Wildman–Crippen LogP) is 1.86. The molecule has 0 saturated heterocycles. The van der Waals surface area contributed by atoms with E-state index in [0.29, 0.717) is 0 Å².